The molecule has 0 unspecified atom stereocenters. The Morgan fingerprint density at radius 1 is 1.60 bits per heavy atom. The molecule has 1 heterocycles. The first-order valence-corrected chi connectivity index (χ1v) is 4.74. The summed E-state index contributed by atoms with van der Waals surface area (Å²) in [6.07, 6.45) is 0.331. The van der Waals surface area contributed by atoms with Crippen molar-refractivity contribution in [3.63, 3.8) is 0 Å². The molecule has 7 heteroatoms. The van der Waals surface area contributed by atoms with E-state index in [1.165, 1.54) is 0 Å². The van der Waals surface area contributed by atoms with E-state index in [9.17, 15) is 4.79 Å². The molecule has 0 saturated carbocycles. The molecule has 15 heavy (non-hydrogen) atoms. The summed E-state index contributed by atoms with van der Waals surface area (Å²) in [5.41, 5.74) is 0. The molecular weight excluding hydrogens is 198 g/mol. The Labute approximate surface area is 88.0 Å². The molecule has 7 nitrogen and oxygen atoms in total. The number of aromatic nitrogens is 4. The number of hydrogen-bond donors (Lipinski definition) is 0. The fraction of sp³-hybridized carbons (Fsp3) is 0.750. The van der Waals surface area contributed by atoms with Gasteiger partial charge in [-0.25, -0.2) is 4.68 Å². The van der Waals surface area contributed by atoms with Crippen LogP contribution in [-0.2, 0) is 16.6 Å². The maximum atomic E-state index is 11.1. The molecule has 1 aromatic rings. The highest BCUT2D eigenvalue weighted by Crippen LogP contribution is 2.04. The average Bonchev–Trinajstić information content (AvgIpc) is 2.61. The number of rotatable bonds is 5. The number of carbonyl (C=O) groups excluding carboxylic acids is 1. The number of nitrogens with zero attached hydrogens (tertiary/aromatic N) is 5. The zero-order valence-corrected chi connectivity index (χ0v) is 9.17. The lowest BCUT2D eigenvalue weighted by molar-refractivity contribution is -0.142. The van der Waals surface area contributed by atoms with Gasteiger partial charge in [-0.1, -0.05) is 5.10 Å². The molecule has 0 radical (unpaired) electrons. The zero-order valence-electron chi connectivity index (χ0n) is 9.17. The summed E-state index contributed by atoms with van der Waals surface area (Å²) in [5.74, 6) is 0.416. The van der Waals surface area contributed by atoms with Crippen LogP contribution in [0, 0.1) is 0 Å². The Morgan fingerprint density at radius 2 is 2.33 bits per heavy atom. The van der Waals surface area contributed by atoms with Gasteiger partial charge in [-0.2, -0.15) is 0 Å². The topological polar surface area (TPSA) is 73.1 Å². The Morgan fingerprint density at radius 3 is 2.87 bits per heavy atom. The molecule has 0 aliphatic rings. The summed E-state index contributed by atoms with van der Waals surface area (Å²) in [6, 6.07) is 0. The Bertz CT molecular complexity index is 325. The Hall–Kier alpha value is -1.66. The highest BCUT2D eigenvalue weighted by Gasteiger charge is 2.10. The molecule has 0 atom stereocenters. The standard InChI is InChI=1S/C8H15N5O2/c1-4-15-7(14)5-6-12(2)8-9-10-11-13(8)3/h4-6H2,1-3H3. The minimum atomic E-state index is -0.209. The first-order chi connectivity index (χ1) is 7.15. The molecule has 0 N–H and O–H groups in total. The highest BCUT2D eigenvalue weighted by atomic mass is 16.5. The first-order valence-electron chi connectivity index (χ1n) is 4.74. The molecule has 1 aromatic heterocycles. The van der Waals surface area contributed by atoms with Crippen molar-refractivity contribution in [3.05, 3.63) is 0 Å². The van der Waals surface area contributed by atoms with Gasteiger partial charge in [0.1, 0.15) is 0 Å². The number of tetrazole rings is 1. The molecule has 0 amide bonds. The number of esters is 1. The zero-order chi connectivity index (χ0) is 11.3. The summed E-state index contributed by atoms with van der Waals surface area (Å²) in [7, 11) is 3.57. The van der Waals surface area contributed by atoms with Gasteiger partial charge in [0.2, 0.25) is 5.95 Å². The SMILES string of the molecule is CCOC(=O)CCN(C)c1nnnn1C. The molecule has 0 aliphatic carbocycles. The van der Waals surface area contributed by atoms with Gasteiger partial charge in [-0.05, 0) is 17.4 Å². The van der Waals surface area contributed by atoms with E-state index in [0.717, 1.165) is 0 Å². The van der Waals surface area contributed by atoms with Gasteiger partial charge in [0.05, 0.1) is 13.0 Å². The van der Waals surface area contributed by atoms with E-state index in [2.05, 4.69) is 15.5 Å². The molecule has 0 spiro atoms. The van der Waals surface area contributed by atoms with Gasteiger partial charge in [0, 0.05) is 20.6 Å². The van der Waals surface area contributed by atoms with Crippen LogP contribution in [0.15, 0.2) is 0 Å². The predicted molar refractivity (Wildman–Crippen MR) is 53.3 cm³/mol. The number of ether oxygens (including phenoxy) is 1. The van der Waals surface area contributed by atoms with E-state index in [0.29, 0.717) is 25.5 Å². The van der Waals surface area contributed by atoms with Crippen molar-refractivity contribution in [1.29, 1.82) is 0 Å². The van der Waals surface area contributed by atoms with Crippen LogP contribution < -0.4 is 4.90 Å². The van der Waals surface area contributed by atoms with E-state index in [1.807, 2.05) is 7.05 Å². The van der Waals surface area contributed by atoms with Crippen molar-refractivity contribution in [2.24, 2.45) is 7.05 Å². The summed E-state index contributed by atoms with van der Waals surface area (Å²) in [6.45, 7) is 2.73. The molecule has 0 bridgehead atoms. The van der Waals surface area contributed by atoms with Gasteiger partial charge in [-0.3, -0.25) is 4.79 Å². The lowest BCUT2D eigenvalue weighted by Crippen LogP contribution is -2.24. The van der Waals surface area contributed by atoms with Crippen LogP contribution >= 0.6 is 0 Å². The molecule has 84 valence electrons. The molecular formula is C8H15N5O2. The van der Waals surface area contributed by atoms with Crippen molar-refractivity contribution in [2.45, 2.75) is 13.3 Å². The molecule has 0 aromatic carbocycles. The number of aryl methyl sites for hydroxylation is 1. The van der Waals surface area contributed by atoms with Crippen LogP contribution in [-0.4, -0.2) is 46.4 Å². The van der Waals surface area contributed by atoms with E-state index >= 15 is 0 Å². The van der Waals surface area contributed by atoms with Crippen LogP contribution in [0.1, 0.15) is 13.3 Å². The van der Waals surface area contributed by atoms with Gasteiger partial charge in [0.25, 0.3) is 0 Å². The van der Waals surface area contributed by atoms with E-state index in [-0.39, 0.29) is 5.97 Å². The van der Waals surface area contributed by atoms with Crippen LogP contribution in [0.3, 0.4) is 0 Å². The van der Waals surface area contributed by atoms with Gasteiger partial charge >= 0.3 is 5.97 Å². The number of hydrogen-bond acceptors (Lipinski definition) is 6. The summed E-state index contributed by atoms with van der Waals surface area (Å²) >= 11 is 0. The molecule has 0 fully saturated rings. The molecule has 0 saturated heterocycles. The Balaban J connectivity index is 2.40. The minimum absolute atomic E-state index is 0.209. The van der Waals surface area contributed by atoms with Crippen molar-refractivity contribution >= 4 is 11.9 Å². The van der Waals surface area contributed by atoms with Crippen LogP contribution in [0.5, 0.6) is 0 Å². The van der Waals surface area contributed by atoms with E-state index in [1.54, 1.807) is 23.6 Å². The van der Waals surface area contributed by atoms with E-state index < -0.39 is 0 Å². The lowest BCUT2D eigenvalue weighted by Gasteiger charge is -2.15. The fourth-order valence-corrected chi connectivity index (χ4v) is 1.14. The summed E-state index contributed by atoms with van der Waals surface area (Å²) in [4.78, 5) is 12.9. The normalized spacial score (nSPS) is 10.1. The minimum Gasteiger partial charge on any atom is -0.466 e. The highest BCUT2D eigenvalue weighted by molar-refractivity contribution is 5.69. The number of anilines is 1. The van der Waals surface area contributed by atoms with Crippen molar-refractivity contribution in [2.75, 3.05) is 25.1 Å². The maximum absolute atomic E-state index is 11.1. The molecule has 1 rings (SSSR count). The lowest BCUT2D eigenvalue weighted by atomic mass is 10.4. The van der Waals surface area contributed by atoms with Gasteiger partial charge in [-0.15, -0.1) is 0 Å². The first kappa shape index (κ1) is 11.4. The predicted octanol–water partition coefficient (Wildman–Crippen LogP) is -0.401. The summed E-state index contributed by atoms with van der Waals surface area (Å²) < 4.78 is 6.36. The third kappa shape index (κ3) is 3.19. The van der Waals surface area contributed by atoms with Crippen molar-refractivity contribution in [3.8, 4) is 0 Å². The third-order valence-electron chi connectivity index (χ3n) is 1.90. The van der Waals surface area contributed by atoms with Crippen LogP contribution in [0.4, 0.5) is 5.95 Å². The van der Waals surface area contributed by atoms with Crippen LogP contribution in [0.2, 0.25) is 0 Å². The second-order valence-corrected chi connectivity index (χ2v) is 3.08. The fourth-order valence-electron chi connectivity index (χ4n) is 1.14. The second-order valence-electron chi connectivity index (χ2n) is 3.08. The Kier molecular flexibility index (Phi) is 4.02. The maximum Gasteiger partial charge on any atom is 0.307 e. The van der Waals surface area contributed by atoms with E-state index in [4.69, 9.17) is 4.74 Å². The van der Waals surface area contributed by atoms with Gasteiger partial charge < -0.3 is 9.64 Å². The monoisotopic (exact) mass is 213 g/mol. The van der Waals surface area contributed by atoms with Gasteiger partial charge in [0.15, 0.2) is 0 Å². The van der Waals surface area contributed by atoms with Crippen molar-refractivity contribution in [1.82, 2.24) is 20.2 Å². The quantitative estimate of drug-likeness (QED) is 0.620. The van der Waals surface area contributed by atoms with Crippen LogP contribution in [0.25, 0.3) is 0 Å². The average molecular weight is 213 g/mol. The largest absolute Gasteiger partial charge is 0.466 e. The summed E-state index contributed by atoms with van der Waals surface area (Å²) in [5, 5.41) is 11.0. The second kappa shape index (κ2) is 5.28. The number of carbonyl (C=O) groups is 1. The smallest absolute Gasteiger partial charge is 0.307 e. The molecule has 0 aliphatic heterocycles. The van der Waals surface area contributed by atoms with Crippen molar-refractivity contribution < 1.29 is 9.53 Å². The third-order valence-corrected chi connectivity index (χ3v) is 1.90.